The summed E-state index contributed by atoms with van der Waals surface area (Å²) in [5, 5.41) is 3.29. The zero-order valence-electron chi connectivity index (χ0n) is 12.9. The van der Waals surface area contributed by atoms with Crippen molar-refractivity contribution < 1.29 is 8.42 Å². The van der Waals surface area contributed by atoms with Gasteiger partial charge in [-0.2, -0.15) is 0 Å². The fourth-order valence-corrected chi connectivity index (χ4v) is 5.71. The van der Waals surface area contributed by atoms with Crippen molar-refractivity contribution in [2.45, 2.75) is 51.5 Å². The Bertz CT molecular complexity index is 525. The van der Waals surface area contributed by atoms with Crippen molar-refractivity contribution in [1.82, 2.24) is 10.0 Å². The molecule has 122 valence electrons. The third kappa shape index (κ3) is 5.98. The molecule has 0 saturated carbocycles. The predicted molar refractivity (Wildman–Crippen MR) is 93.3 cm³/mol. The van der Waals surface area contributed by atoms with Gasteiger partial charge in [0.2, 0.25) is 10.0 Å². The van der Waals surface area contributed by atoms with Crippen molar-refractivity contribution >= 4 is 37.3 Å². The van der Waals surface area contributed by atoms with Gasteiger partial charge in [0.05, 0.1) is 3.79 Å². The average Bonchev–Trinajstić information content (AvgIpc) is 2.82. The van der Waals surface area contributed by atoms with Crippen LogP contribution in [-0.2, 0) is 16.6 Å². The molecule has 1 aromatic rings. The number of rotatable bonds is 10. The van der Waals surface area contributed by atoms with Gasteiger partial charge in [-0.05, 0) is 40.9 Å². The maximum Gasteiger partial charge on any atom is 0.242 e. The van der Waals surface area contributed by atoms with Crippen molar-refractivity contribution in [3.63, 3.8) is 0 Å². The van der Waals surface area contributed by atoms with E-state index in [4.69, 9.17) is 0 Å². The lowest BCUT2D eigenvalue weighted by atomic mass is 10.0. The van der Waals surface area contributed by atoms with E-state index in [1.807, 2.05) is 0 Å². The van der Waals surface area contributed by atoms with Gasteiger partial charge in [0.15, 0.2) is 0 Å². The van der Waals surface area contributed by atoms with Gasteiger partial charge >= 0.3 is 0 Å². The van der Waals surface area contributed by atoms with Crippen LogP contribution in [0.4, 0.5) is 0 Å². The molecular formula is C14H25BrN2O2S2. The first-order valence-corrected chi connectivity index (χ1v) is 10.5. The summed E-state index contributed by atoms with van der Waals surface area (Å²) in [6.07, 6.45) is 3.03. The third-order valence-electron chi connectivity index (χ3n) is 3.44. The minimum atomic E-state index is -3.43. The minimum Gasteiger partial charge on any atom is -0.312 e. The topological polar surface area (TPSA) is 58.2 Å². The molecule has 0 unspecified atom stereocenters. The molecule has 7 heteroatoms. The number of hydrogen-bond acceptors (Lipinski definition) is 4. The van der Waals surface area contributed by atoms with Gasteiger partial charge in [0.1, 0.15) is 4.90 Å². The molecule has 21 heavy (non-hydrogen) atoms. The van der Waals surface area contributed by atoms with Crippen LogP contribution in [0.15, 0.2) is 14.7 Å². The van der Waals surface area contributed by atoms with Gasteiger partial charge in [-0.25, -0.2) is 13.1 Å². The zero-order chi connectivity index (χ0) is 15.9. The number of halogens is 1. The molecule has 0 bridgehead atoms. The summed E-state index contributed by atoms with van der Waals surface area (Å²) in [6.45, 7) is 8.42. The molecule has 4 nitrogen and oxygen atoms in total. The molecule has 2 N–H and O–H groups in total. The lowest BCUT2D eigenvalue weighted by Crippen LogP contribution is -2.29. The van der Waals surface area contributed by atoms with Crippen LogP contribution >= 0.6 is 27.3 Å². The Kier molecular flexibility index (Phi) is 8.41. The van der Waals surface area contributed by atoms with Gasteiger partial charge < -0.3 is 5.32 Å². The minimum absolute atomic E-state index is 0.353. The molecule has 1 aromatic heterocycles. The summed E-state index contributed by atoms with van der Waals surface area (Å²) >= 11 is 4.85. The highest BCUT2D eigenvalue weighted by molar-refractivity contribution is 9.11. The molecule has 0 atom stereocenters. The van der Waals surface area contributed by atoms with Crippen LogP contribution in [0.25, 0.3) is 0 Å². The molecule has 1 rings (SSSR count). The molecule has 0 spiro atoms. The Balaban J connectivity index is 2.74. The van der Waals surface area contributed by atoms with Gasteiger partial charge in [-0.1, -0.05) is 33.6 Å². The van der Waals surface area contributed by atoms with E-state index in [0.29, 0.717) is 27.7 Å². The van der Waals surface area contributed by atoms with Crippen LogP contribution in [0.1, 0.15) is 44.9 Å². The zero-order valence-corrected chi connectivity index (χ0v) is 16.1. The Morgan fingerprint density at radius 1 is 1.29 bits per heavy atom. The molecule has 0 aromatic carbocycles. The van der Waals surface area contributed by atoms with E-state index in [1.54, 1.807) is 6.07 Å². The smallest absolute Gasteiger partial charge is 0.242 e. The third-order valence-corrected chi connectivity index (χ3v) is 7.11. The largest absolute Gasteiger partial charge is 0.312 e. The highest BCUT2D eigenvalue weighted by Crippen LogP contribution is 2.31. The lowest BCUT2D eigenvalue weighted by Gasteiger charge is -2.13. The van der Waals surface area contributed by atoms with Crippen LogP contribution < -0.4 is 10.0 Å². The monoisotopic (exact) mass is 396 g/mol. The fraction of sp³-hybridized carbons (Fsp3) is 0.714. The summed E-state index contributed by atoms with van der Waals surface area (Å²) < 4.78 is 28.2. The molecule has 0 fully saturated rings. The fourth-order valence-electron chi connectivity index (χ4n) is 1.94. The molecule has 0 saturated heterocycles. The normalized spacial score (nSPS) is 12.2. The van der Waals surface area contributed by atoms with Crippen molar-refractivity contribution in [3.8, 4) is 0 Å². The summed E-state index contributed by atoms with van der Waals surface area (Å²) in [5.74, 6) is 0.392. The van der Waals surface area contributed by atoms with E-state index < -0.39 is 10.0 Å². The van der Waals surface area contributed by atoms with E-state index in [9.17, 15) is 8.42 Å². The quantitative estimate of drug-likeness (QED) is 0.592. The Morgan fingerprint density at radius 3 is 2.52 bits per heavy atom. The van der Waals surface area contributed by atoms with Crippen molar-refractivity contribution in [2.75, 3.05) is 13.1 Å². The van der Waals surface area contributed by atoms with Gasteiger partial charge in [-0.15, -0.1) is 11.3 Å². The molecule has 1 heterocycles. The molecule has 0 amide bonds. The van der Waals surface area contributed by atoms with Crippen molar-refractivity contribution in [3.05, 3.63) is 14.7 Å². The molecule has 0 aliphatic rings. The molecule has 0 aliphatic carbocycles. The lowest BCUT2D eigenvalue weighted by molar-refractivity contribution is 0.479. The average molecular weight is 397 g/mol. The van der Waals surface area contributed by atoms with E-state index in [-0.39, 0.29) is 0 Å². The molecule has 0 radical (unpaired) electrons. The van der Waals surface area contributed by atoms with E-state index in [2.05, 4.69) is 46.7 Å². The second-order valence-corrected chi connectivity index (χ2v) is 9.25. The molecule has 0 aliphatic heterocycles. The van der Waals surface area contributed by atoms with Gasteiger partial charge in [-0.3, -0.25) is 0 Å². The number of thiophene rings is 1. The SMILES string of the molecule is CCCNCc1cc(S(=O)(=O)NCC(CC)CC)c(Br)s1. The number of nitrogens with one attached hydrogen (secondary N) is 2. The maximum atomic E-state index is 12.4. The first kappa shape index (κ1) is 19.1. The van der Waals surface area contributed by atoms with E-state index in [1.165, 1.54) is 11.3 Å². The van der Waals surface area contributed by atoms with E-state index >= 15 is 0 Å². The first-order valence-electron chi connectivity index (χ1n) is 7.43. The first-order chi connectivity index (χ1) is 9.94. The standard InChI is InChI=1S/C14H25BrN2O2S2/c1-4-7-16-10-12-8-13(14(15)20-12)21(18,19)17-9-11(5-2)6-3/h8,11,16-17H,4-7,9-10H2,1-3H3. The van der Waals surface area contributed by atoms with Crippen molar-refractivity contribution in [2.24, 2.45) is 5.92 Å². The van der Waals surface area contributed by atoms with Crippen LogP contribution in [0.3, 0.4) is 0 Å². The summed E-state index contributed by atoms with van der Waals surface area (Å²) in [6, 6.07) is 1.76. The van der Waals surface area contributed by atoms with Crippen LogP contribution in [0.5, 0.6) is 0 Å². The van der Waals surface area contributed by atoms with E-state index in [0.717, 1.165) is 30.7 Å². The highest BCUT2D eigenvalue weighted by Gasteiger charge is 2.21. The van der Waals surface area contributed by atoms with Crippen LogP contribution in [0, 0.1) is 5.92 Å². The van der Waals surface area contributed by atoms with Gasteiger partial charge in [0.25, 0.3) is 0 Å². The van der Waals surface area contributed by atoms with Crippen LogP contribution in [0.2, 0.25) is 0 Å². The summed E-state index contributed by atoms with van der Waals surface area (Å²) in [4.78, 5) is 1.38. The van der Waals surface area contributed by atoms with Crippen molar-refractivity contribution in [1.29, 1.82) is 0 Å². The maximum absolute atomic E-state index is 12.4. The second kappa shape index (κ2) is 9.25. The number of sulfonamides is 1. The Hall–Kier alpha value is 0.0500. The molecular weight excluding hydrogens is 372 g/mol. The number of hydrogen-bond donors (Lipinski definition) is 2. The van der Waals surface area contributed by atoms with Crippen LogP contribution in [-0.4, -0.2) is 21.5 Å². The summed E-state index contributed by atoms with van der Waals surface area (Å²) in [7, 11) is -3.43. The Morgan fingerprint density at radius 2 is 1.95 bits per heavy atom. The van der Waals surface area contributed by atoms with Gasteiger partial charge in [0, 0.05) is 18.0 Å². The Labute approximate surface area is 140 Å². The summed E-state index contributed by atoms with van der Waals surface area (Å²) in [5.41, 5.74) is 0. The second-order valence-electron chi connectivity index (χ2n) is 5.06. The highest BCUT2D eigenvalue weighted by atomic mass is 79.9. The predicted octanol–water partition coefficient (Wildman–Crippen LogP) is 3.72.